The first-order valence-corrected chi connectivity index (χ1v) is 9.01. The molecule has 2 aromatic heterocycles. The Bertz CT molecular complexity index is 1120. The quantitative estimate of drug-likeness (QED) is 0.400. The second-order valence-corrected chi connectivity index (χ2v) is 7.01. The van der Waals surface area contributed by atoms with Gasteiger partial charge in [-0.25, -0.2) is 15.0 Å². The van der Waals surface area contributed by atoms with Crippen molar-refractivity contribution < 1.29 is 44.3 Å². The van der Waals surface area contributed by atoms with Gasteiger partial charge in [0.05, 0.1) is 17.5 Å². The molecule has 0 aliphatic carbocycles. The first kappa shape index (κ1) is 23.8. The monoisotopic (exact) mass is 534 g/mol. The van der Waals surface area contributed by atoms with Gasteiger partial charge in [-0.1, -0.05) is 6.07 Å². The topological polar surface area (TPSA) is 63.7 Å². The van der Waals surface area contributed by atoms with Crippen molar-refractivity contribution in [1.29, 1.82) is 0 Å². The van der Waals surface area contributed by atoms with E-state index in [9.17, 15) is 39.5 Å². The molecule has 15 heteroatoms. The summed E-state index contributed by atoms with van der Waals surface area (Å²) in [4.78, 5) is 13.5. The number of halogens is 10. The van der Waals surface area contributed by atoms with Gasteiger partial charge in [0.25, 0.3) is 0 Å². The van der Waals surface area contributed by atoms with Crippen LogP contribution in [0.1, 0.15) is 11.3 Å². The molecule has 3 rings (SSSR count). The third kappa shape index (κ3) is 5.69. The molecule has 0 saturated heterocycles. The van der Waals surface area contributed by atoms with Crippen molar-refractivity contribution in [3.05, 3.63) is 46.3 Å². The summed E-state index contributed by atoms with van der Waals surface area (Å²) in [5.74, 6) is -1.95. The summed E-state index contributed by atoms with van der Waals surface area (Å²) in [6, 6.07) is 2.11. The van der Waals surface area contributed by atoms with Gasteiger partial charge in [0.2, 0.25) is 0 Å². The number of benzene rings is 1. The first-order chi connectivity index (χ1) is 14.6. The van der Waals surface area contributed by atoms with Crippen molar-refractivity contribution >= 4 is 15.9 Å². The zero-order valence-corrected chi connectivity index (χ0v) is 16.7. The lowest BCUT2D eigenvalue weighted by Gasteiger charge is -2.17. The highest BCUT2D eigenvalue weighted by atomic mass is 79.9. The molecule has 0 atom stereocenters. The number of aromatic amines is 1. The van der Waals surface area contributed by atoms with Crippen LogP contribution in [0.3, 0.4) is 0 Å². The van der Waals surface area contributed by atoms with E-state index >= 15 is 0 Å². The Morgan fingerprint density at radius 3 is 2.12 bits per heavy atom. The zero-order valence-electron chi connectivity index (χ0n) is 15.1. The fraction of sp³-hybridized carbons (Fsp3) is 0.235. The minimum absolute atomic E-state index is 0.190. The Morgan fingerprint density at radius 1 is 0.906 bits per heavy atom. The van der Waals surface area contributed by atoms with Crippen LogP contribution in [0.5, 0.6) is 5.75 Å². The number of hydrogen-bond donors (Lipinski definition) is 1. The number of hydrogen-bond acceptors (Lipinski definition) is 4. The maximum atomic E-state index is 13.3. The van der Waals surface area contributed by atoms with E-state index in [1.165, 1.54) is 6.20 Å². The average molecular weight is 535 g/mol. The molecule has 1 N–H and O–H groups in total. The molecule has 5 nitrogen and oxygen atoms in total. The highest BCUT2D eigenvalue weighted by Crippen LogP contribution is 2.40. The van der Waals surface area contributed by atoms with E-state index in [0.29, 0.717) is 18.2 Å². The third-order valence-corrected chi connectivity index (χ3v) is 4.15. The lowest BCUT2D eigenvalue weighted by molar-refractivity contribution is -0.158. The Morgan fingerprint density at radius 2 is 1.59 bits per heavy atom. The summed E-state index contributed by atoms with van der Waals surface area (Å²) in [5.41, 5.74) is -3.86. The van der Waals surface area contributed by atoms with Gasteiger partial charge in [0.1, 0.15) is 16.0 Å². The average Bonchev–Trinajstić information content (AvgIpc) is 3.10. The maximum absolute atomic E-state index is 13.3. The van der Waals surface area contributed by atoms with Gasteiger partial charge in [-0.3, -0.25) is 0 Å². The van der Waals surface area contributed by atoms with E-state index in [1.807, 2.05) is 0 Å². The van der Waals surface area contributed by atoms with Gasteiger partial charge in [0.15, 0.2) is 18.3 Å². The van der Waals surface area contributed by atoms with Gasteiger partial charge in [-0.05, 0) is 34.1 Å². The van der Waals surface area contributed by atoms with Crippen LogP contribution in [0, 0.1) is 0 Å². The van der Waals surface area contributed by atoms with E-state index in [1.54, 1.807) is 0 Å². The van der Waals surface area contributed by atoms with Crippen molar-refractivity contribution in [2.75, 3.05) is 6.61 Å². The molecule has 0 fully saturated rings. The molecule has 172 valence electrons. The Hall–Kier alpha value is -2.84. The maximum Gasteiger partial charge on any atom is 0.433 e. The Labute approximate surface area is 180 Å². The molecule has 0 amide bonds. The fourth-order valence-electron chi connectivity index (χ4n) is 2.45. The largest absolute Gasteiger partial charge is 0.483 e. The van der Waals surface area contributed by atoms with E-state index in [2.05, 4.69) is 40.6 Å². The summed E-state index contributed by atoms with van der Waals surface area (Å²) in [6.07, 6.45) is -13.8. The van der Waals surface area contributed by atoms with Crippen molar-refractivity contribution in [3.63, 3.8) is 0 Å². The van der Waals surface area contributed by atoms with Crippen LogP contribution in [0.2, 0.25) is 0 Å². The number of nitrogens with one attached hydrogen (secondary N) is 1. The minimum atomic E-state index is -5.08. The minimum Gasteiger partial charge on any atom is -0.483 e. The molecule has 0 bridgehead atoms. The normalized spacial score (nSPS) is 12.8. The van der Waals surface area contributed by atoms with Gasteiger partial charge in [0, 0.05) is 5.56 Å². The van der Waals surface area contributed by atoms with E-state index in [4.69, 9.17) is 0 Å². The lowest BCUT2D eigenvalue weighted by Crippen LogP contribution is -2.21. The molecular formula is C17H8BrF9N4O. The van der Waals surface area contributed by atoms with E-state index < -0.39 is 53.7 Å². The second kappa shape index (κ2) is 8.26. The highest BCUT2D eigenvalue weighted by molar-refractivity contribution is 9.10. The third-order valence-electron chi connectivity index (χ3n) is 3.75. The number of rotatable bonds is 4. The standard InChI is InChI=1S/C17H8BrF9N4O/c18-12-5-28-13(31-12)14-29-9(4-11(30-14)17(25,26)27)7-1-2-8(16(22,23)24)10(3-7)32-6-15(19,20)21/h1-5H,6H2,(H,28,31). The molecule has 0 radical (unpaired) electrons. The predicted octanol–water partition coefficient (Wildman–Crippen LogP) is 6.27. The van der Waals surface area contributed by atoms with Crippen LogP contribution in [0.15, 0.2) is 35.1 Å². The van der Waals surface area contributed by atoms with E-state index in [-0.39, 0.29) is 16.0 Å². The van der Waals surface area contributed by atoms with Gasteiger partial charge < -0.3 is 9.72 Å². The van der Waals surface area contributed by atoms with Crippen molar-refractivity contribution in [2.24, 2.45) is 0 Å². The van der Waals surface area contributed by atoms with Crippen LogP contribution in [0.25, 0.3) is 22.9 Å². The molecule has 0 aliphatic rings. The van der Waals surface area contributed by atoms with Crippen LogP contribution in [0.4, 0.5) is 39.5 Å². The first-order valence-electron chi connectivity index (χ1n) is 8.22. The summed E-state index contributed by atoms with van der Waals surface area (Å²) >= 11 is 3.01. The van der Waals surface area contributed by atoms with Gasteiger partial charge >= 0.3 is 18.5 Å². The Kier molecular flexibility index (Phi) is 6.14. The van der Waals surface area contributed by atoms with Crippen molar-refractivity contribution in [2.45, 2.75) is 18.5 Å². The molecule has 0 saturated carbocycles. The predicted molar refractivity (Wildman–Crippen MR) is 94.3 cm³/mol. The number of imidazole rings is 1. The molecule has 1 aromatic carbocycles. The van der Waals surface area contributed by atoms with Crippen molar-refractivity contribution in [3.8, 4) is 28.7 Å². The van der Waals surface area contributed by atoms with Crippen LogP contribution in [-0.4, -0.2) is 32.7 Å². The van der Waals surface area contributed by atoms with Crippen LogP contribution >= 0.6 is 15.9 Å². The smallest absolute Gasteiger partial charge is 0.433 e. The lowest BCUT2D eigenvalue weighted by atomic mass is 10.1. The molecule has 0 spiro atoms. The summed E-state index contributed by atoms with van der Waals surface area (Å²) in [7, 11) is 0. The number of nitrogens with zero attached hydrogens (tertiary/aromatic N) is 3. The summed E-state index contributed by atoms with van der Waals surface area (Å²) in [6.45, 7) is -2.04. The number of ether oxygens (including phenoxy) is 1. The molecule has 32 heavy (non-hydrogen) atoms. The zero-order chi connectivity index (χ0) is 23.9. The highest BCUT2D eigenvalue weighted by Gasteiger charge is 2.37. The molecule has 3 aromatic rings. The second-order valence-electron chi connectivity index (χ2n) is 6.15. The summed E-state index contributed by atoms with van der Waals surface area (Å²) < 4.78 is 121. The van der Waals surface area contributed by atoms with Crippen LogP contribution < -0.4 is 4.74 Å². The molecule has 0 unspecified atom stereocenters. The molecule has 0 aliphatic heterocycles. The van der Waals surface area contributed by atoms with Gasteiger partial charge in [-0.15, -0.1) is 0 Å². The van der Waals surface area contributed by atoms with Gasteiger partial charge in [-0.2, -0.15) is 39.5 Å². The van der Waals surface area contributed by atoms with Crippen molar-refractivity contribution in [1.82, 2.24) is 19.9 Å². The fourth-order valence-corrected chi connectivity index (χ4v) is 2.74. The summed E-state index contributed by atoms with van der Waals surface area (Å²) in [5, 5.41) is 0. The van der Waals surface area contributed by atoms with E-state index in [0.717, 1.165) is 6.07 Å². The SMILES string of the molecule is FC(F)(F)COc1cc(-c2cc(C(F)(F)F)nc(-c3ncc(Br)[nH]3)n2)ccc1C(F)(F)F. The molecular weight excluding hydrogens is 527 g/mol. The number of H-pyrrole nitrogens is 1. The number of alkyl halides is 9. The van der Waals surface area contributed by atoms with Crippen LogP contribution in [-0.2, 0) is 12.4 Å². The Balaban J connectivity index is 2.15. The number of aromatic nitrogens is 4. The molecule has 2 heterocycles.